The second-order valence-electron chi connectivity index (χ2n) is 6.37. The van der Waals surface area contributed by atoms with Gasteiger partial charge in [0, 0.05) is 19.6 Å². The van der Waals surface area contributed by atoms with Gasteiger partial charge in [-0.05, 0) is 50.3 Å². The summed E-state index contributed by atoms with van der Waals surface area (Å²) in [5, 5.41) is 6.49. The first-order chi connectivity index (χ1) is 10.8. The van der Waals surface area contributed by atoms with Gasteiger partial charge >= 0.3 is 0 Å². The molecule has 1 aliphatic rings. The number of hydrogen-bond donors (Lipinski definition) is 2. The Morgan fingerprint density at radius 2 is 1.91 bits per heavy atom. The minimum absolute atomic E-state index is 0.0333. The molecule has 1 atom stereocenters. The number of guanidine groups is 1. The van der Waals surface area contributed by atoms with Crippen LogP contribution < -0.4 is 10.6 Å². The third-order valence-corrected chi connectivity index (χ3v) is 6.07. The molecule has 1 aliphatic heterocycles. The Morgan fingerprint density at radius 3 is 2.43 bits per heavy atom. The fourth-order valence-electron chi connectivity index (χ4n) is 3.21. The molecule has 1 aromatic carbocycles. The van der Waals surface area contributed by atoms with Crippen molar-refractivity contribution in [1.29, 1.82) is 0 Å². The van der Waals surface area contributed by atoms with Crippen molar-refractivity contribution in [2.45, 2.75) is 39.7 Å². The zero-order chi connectivity index (χ0) is 17.0. The molecular formula is C17H27N3O2S. The number of aliphatic imine (C=N–C) groups is 1. The minimum atomic E-state index is -2.87. The van der Waals surface area contributed by atoms with Gasteiger partial charge in [-0.15, -0.1) is 0 Å². The molecule has 23 heavy (non-hydrogen) atoms. The van der Waals surface area contributed by atoms with Crippen LogP contribution in [0.2, 0.25) is 0 Å². The van der Waals surface area contributed by atoms with Gasteiger partial charge in [0.15, 0.2) is 15.8 Å². The molecule has 2 N–H and O–H groups in total. The van der Waals surface area contributed by atoms with Gasteiger partial charge < -0.3 is 10.6 Å². The van der Waals surface area contributed by atoms with Crippen LogP contribution in [0.25, 0.3) is 0 Å². The first-order valence-electron chi connectivity index (χ1n) is 8.05. The third kappa shape index (κ3) is 4.96. The van der Waals surface area contributed by atoms with Gasteiger partial charge in [-0.1, -0.05) is 17.7 Å². The lowest BCUT2D eigenvalue weighted by Crippen LogP contribution is -2.44. The molecule has 0 amide bonds. The quantitative estimate of drug-likeness (QED) is 0.645. The molecule has 1 saturated heterocycles. The Morgan fingerprint density at radius 1 is 1.26 bits per heavy atom. The van der Waals surface area contributed by atoms with Crippen LogP contribution in [0.3, 0.4) is 0 Å². The van der Waals surface area contributed by atoms with Crippen molar-refractivity contribution in [3.63, 3.8) is 0 Å². The summed E-state index contributed by atoms with van der Waals surface area (Å²) in [7, 11) is -1.16. The summed E-state index contributed by atoms with van der Waals surface area (Å²) in [5.74, 6) is 1.14. The van der Waals surface area contributed by atoms with Crippen LogP contribution in [-0.2, 0) is 16.3 Å². The zero-order valence-electron chi connectivity index (χ0n) is 14.4. The molecule has 0 bridgehead atoms. The predicted octanol–water partition coefficient (Wildman–Crippen LogP) is 1.51. The first kappa shape index (κ1) is 17.8. The fourth-order valence-corrected chi connectivity index (χ4v) is 4.88. The van der Waals surface area contributed by atoms with Gasteiger partial charge in [-0.2, -0.15) is 0 Å². The molecule has 1 aromatic rings. The van der Waals surface area contributed by atoms with Gasteiger partial charge in [0.25, 0.3) is 0 Å². The minimum Gasteiger partial charge on any atom is -0.356 e. The monoisotopic (exact) mass is 337 g/mol. The zero-order valence-corrected chi connectivity index (χ0v) is 15.3. The van der Waals surface area contributed by atoms with Crippen LogP contribution in [0.15, 0.2) is 17.1 Å². The van der Waals surface area contributed by atoms with Crippen LogP contribution in [-0.4, -0.2) is 45.5 Å². The Bertz CT molecular complexity index is 673. The Balaban J connectivity index is 1.87. The number of nitrogens with one attached hydrogen (secondary N) is 2. The lowest BCUT2D eigenvalue weighted by Gasteiger charge is -2.17. The maximum Gasteiger partial charge on any atom is 0.191 e. The van der Waals surface area contributed by atoms with Gasteiger partial charge in [0.1, 0.15) is 0 Å². The van der Waals surface area contributed by atoms with E-state index in [0.29, 0.717) is 12.4 Å². The molecule has 6 heteroatoms. The highest BCUT2D eigenvalue weighted by atomic mass is 32.2. The smallest absolute Gasteiger partial charge is 0.191 e. The number of aryl methyl sites for hydroxylation is 3. The van der Waals surface area contributed by atoms with Crippen LogP contribution in [0, 0.1) is 20.8 Å². The molecule has 1 fully saturated rings. The average Bonchev–Trinajstić information content (AvgIpc) is 2.79. The van der Waals surface area contributed by atoms with E-state index in [0.717, 1.165) is 13.0 Å². The largest absolute Gasteiger partial charge is 0.356 e. The summed E-state index contributed by atoms with van der Waals surface area (Å²) in [4.78, 5) is 4.19. The molecule has 1 unspecified atom stereocenters. The summed E-state index contributed by atoms with van der Waals surface area (Å²) < 4.78 is 23.0. The Hall–Kier alpha value is -1.56. The van der Waals surface area contributed by atoms with E-state index in [4.69, 9.17) is 0 Å². The van der Waals surface area contributed by atoms with Crippen LogP contribution >= 0.6 is 0 Å². The first-order valence-corrected chi connectivity index (χ1v) is 9.87. The van der Waals surface area contributed by atoms with E-state index in [-0.39, 0.29) is 17.5 Å². The molecule has 0 radical (unpaired) electrons. The highest BCUT2D eigenvalue weighted by Crippen LogP contribution is 2.16. The maximum atomic E-state index is 11.5. The lowest BCUT2D eigenvalue weighted by molar-refractivity contribution is 0.599. The number of nitrogens with zero attached hydrogens (tertiary/aromatic N) is 1. The van der Waals surface area contributed by atoms with Gasteiger partial charge in [0.2, 0.25) is 0 Å². The number of benzene rings is 1. The summed E-state index contributed by atoms with van der Waals surface area (Å²) >= 11 is 0. The average molecular weight is 337 g/mol. The lowest BCUT2D eigenvalue weighted by atomic mass is 9.97. The van der Waals surface area contributed by atoms with E-state index in [1.165, 1.54) is 22.3 Å². The molecule has 0 saturated carbocycles. The molecular weight excluding hydrogens is 310 g/mol. The van der Waals surface area contributed by atoms with Crippen molar-refractivity contribution in [1.82, 2.24) is 10.6 Å². The van der Waals surface area contributed by atoms with E-state index < -0.39 is 9.84 Å². The van der Waals surface area contributed by atoms with E-state index in [1.54, 1.807) is 7.05 Å². The van der Waals surface area contributed by atoms with Crippen molar-refractivity contribution in [3.05, 3.63) is 34.4 Å². The van der Waals surface area contributed by atoms with Crippen molar-refractivity contribution in [2.75, 3.05) is 25.1 Å². The standard InChI is InChI=1S/C17H27N3O2S/c1-12-9-13(2)16(14(3)10-12)5-7-19-17(18-4)20-15-6-8-23(21,22)11-15/h9-10,15H,5-8,11H2,1-4H3,(H2,18,19,20). The van der Waals surface area contributed by atoms with Crippen molar-refractivity contribution in [3.8, 4) is 0 Å². The molecule has 128 valence electrons. The molecule has 0 spiro atoms. The van der Waals surface area contributed by atoms with Crippen LogP contribution in [0.1, 0.15) is 28.7 Å². The van der Waals surface area contributed by atoms with E-state index >= 15 is 0 Å². The molecule has 0 aliphatic carbocycles. The number of hydrogen-bond acceptors (Lipinski definition) is 3. The highest BCUT2D eigenvalue weighted by molar-refractivity contribution is 7.91. The van der Waals surface area contributed by atoms with Gasteiger partial charge in [-0.25, -0.2) is 8.42 Å². The van der Waals surface area contributed by atoms with Crippen molar-refractivity contribution >= 4 is 15.8 Å². The van der Waals surface area contributed by atoms with Crippen LogP contribution in [0.5, 0.6) is 0 Å². The summed E-state index contributed by atoms with van der Waals surface area (Å²) in [6.45, 7) is 7.17. The second-order valence-corrected chi connectivity index (χ2v) is 8.60. The predicted molar refractivity (Wildman–Crippen MR) is 95.9 cm³/mol. The normalized spacial score (nSPS) is 20.5. The molecule has 0 aromatic heterocycles. The van der Waals surface area contributed by atoms with E-state index in [9.17, 15) is 8.42 Å². The highest BCUT2D eigenvalue weighted by Gasteiger charge is 2.28. The molecule has 5 nitrogen and oxygen atoms in total. The van der Waals surface area contributed by atoms with Gasteiger partial charge in [-0.3, -0.25) is 4.99 Å². The van der Waals surface area contributed by atoms with E-state index in [1.807, 2.05) is 0 Å². The third-order valence-electron chi connectivity index (χ3n) is 4.30. The SMILES string of the molecule is CN=C(NCCc1c(C)cc(C)cc1C)NC1CCS(=O)(=O)C1. The van der Waals surface area contributed by atoms with Crippen LogP contribution in [0.4, 0.5) is 0 Å². The fraction of sp³-hybridized carbons (Fsp3) is 0.588. The summed E-state index contributed by atoms with van der Waals surface area (Å²) in [6, 6.07) is 4.38. The summed E-state index contributed by atoms with van der Waals surface area (Å²) in [5.41, 5.74) is 5.28. The Labute approximate surface area is 139 Å². The maximum absolute atomic E-state index is 11.5. The Kier molecular flexibility index (Phi) is 5.68. The van der Waals surface area contributed by atoms with E-state index in [2.05, 4.69) is 48.5 Å². The number of sulfone groups is 1. The molecule has 1 heterocycles. The number of rotatable bonds is 4. The second kappa shape index (κ2) is 7.34. The van der Waals surface area contributed by atoms with Gasteiger partial charge in [0.05, 0.1) is 11.5 Å². The van der Waals surface area contributed by atoms with Crippen molar-refractivity contribution < 1.29 is 8.42 Å². The van der Waals surface area contributed by atoms with Crippen molar-refractivity contribution in [2.24, 2.45) is 4.99 Å². The topological polar surface area (TPSA) is 70.6 Å². The summed E-state index contributed by atoms with van der Waals surface area (Å²) in [6.07, 6.45) is 1.57. The molecule has 2 rings (SSSR count).